The molecule has 0 radical (unpaired) electrons. The van der Waals surface area contributed by atoms with Crippen LogP contribution < -0.4 is 5.32 Å². The summed E-state index contributed by atoms with van der Waals surface area (Å²) in [6, 6.07) is 0. The highest BCUT2D eigenvalue weighted by Gasteiger charge is 2.50. The lowest BCUT2D eigenvalue weighted by atomic mass is 9.60. The van der Waals surface area contributed by atoms with Crippen LogP contribution >= 0.6 is 0 Å². The van der Waals surface area contributed by atoms with E-state index in [1.54, 1.807) is 19.4 Å². The molecular weight excluding hydrogens is 620 g/mol. The number of rotatable bonds is 15. The zero-order valence-corrected chi connectivity index (χ0v) is 31.5. The molecule has 4 fully saturated rings. The van der Waals surface area contributed by atoms with Crippen molar-refractivity contribution in [3.8, 4) is 0 Å². The molecule has 4 aliphatic rings. The average Bonchev–Trinajstić information content (AvgIpc) is 3.51. The SMILES string of the molecule is C=C1CC[C@H](O)CC1(C)C/C=C1\CCC[C@@]2(C)C1CC[C@@H]2[C@H](C)CCCC(=O)NC(C)(C)CCOC(C)(C)CC(=O)ON1C(=O)CCC1=O. The summed E-state index contributed by atoms with van der Waals surface area (Å²) in [5.74, 6) is 0.190. The Morgan fingerprint density at radius 2 is 1.78 bits per heavy atom. The van der Waals surface area contributed by atoms with Gasteiger partial charge in [0.2, 0.25) is 5.91 Å². The van der Waals surface area contributed by atoms with Crippen LogP contribution in [-0.4, -0.2) is 57.7 Å². The molecule has 49 heavy (non-hydrogen) atoms. The fourth-order valence-corrected chi connectivity index (χ4v) is 9.31. The monoisotopic (exact) mass is 684 g/mol. The summed E-state index contributed by atoms with van der Waals surface area (Å²) >= 11 is 0. The van der Waals surface area contributed by atoms with E-state index in [4.69, 9.17) is 9.57 Å². The minimum absolute atomic E-state index is 0.00151. The number of imide groups is 1. The fraction of sp³-hybridized carbons (Fsp3) is 0.800. The van der Waals surface area contributed by atoms with Gasteiger partial charge < -0.3 is 20.0 Å². The Hall–Kier alpha value is -2.52. The molecule has 3 saturated carbocycles. The largest absolute Gasteiger partial charge is 0.393 e. The summed E-state index contributed by atoms with van der Waals surface area (Å²) in [6.07, 6.45) is 15.1. The molecule has 3 amide bonds. The third-order valence-corrected chi connectivity index (χ3v) is 12.4. The number of nitrogens with zero attached hydrogens (tertiary/aromatic N) is 1. The van der Waals surface area contributed by atoms with Gasteiger partial charge in [-0.15, -0.1) is 5.06 Å². The molecule has 2 N–H and O–H groups in total. The summed E-state index contributed by atoms with van der Waals surface area (Å²) in [6.45, 7) is 19.4. The maximum atomic E-state index is 13.0. The number of aliphatic hydroxyl groups is 1. The minimum Gasteiger partial charge on any atom is -0.393 e. The maximum Gasteiger partial charge on any atom is 0.336 e. The Bertz CT molecular complexity index is 1270. The number of carbonyl (C=O) groups is 4. The number of allylic oxidation sites excluding steroid dienone is 3. The van der Waals surface area contributed by atoms with Crippen LogP contribution in [0.4, 0.5) is 0 Å². The Balaban J connectivity index is 1.18. The number of nitrogens with one attached hydrogen (secondary N) is 1. The van der Waals surface area contributed by atoms with Crippen molar-refractivity contribution in [1.29, 1.82) is 0 Å². The molecule has 1 heterocycles. The second-order valence-corrected chi connectivity index (χ2v) is 17.5. The summed E-state index contributed by atoms with van der Waals surface area (Å²) in [5, 5.41) is 14.1. The highest BCUT2D eigenvalue weighted by Crippen LogP contribution is 2.60. The lowest BCUT2D eigenvalue weighted by Crippen LogP contribution is -2.45. The van der Waals surface area contributed by atoms with Crippen molar-refractivity contribution in [1.82, 2.24) is 10.4 Å². The zero-order chi connectivity index (χ0) is 36.2. The Labute approximate surface area is 295 Å². The van der Waals surface area contributed by atoms with E-state index in [-0.39, 0.29) is 36.7 Å². The molecule has 0 aromatic rings. The number of fused-ring (bicyclic) bond motifs is 1. The van der Waals surface area contributed by atoms with Crippen LogP contribution in [0.5, 0.6) is 0 Å². The van der Waals surface area contributed by atoms with Crippen molar-refractivity contribution in [3.63, 3.8) is 0 Å². The van der Waals surface area contributed by atoms with Gasteiger partial charge in [-0.3, -0.25) is 14.4 Å². The van der Waals surface area contributed by atoms with E-state index in [0.717, 1.165) is 38.5 Å². The molecule has 2 unspecified atom stereocenters. The standard InChI is InChI=1S/C40H64N2O7/c1-27(31-16-17-32-29(12-10-21-40(31,32)8)20-22-39(7)25-30(43)15-14-28(39)2)11-9-13-33(44)41-37(3,4)23-24-48-38(5,6)26-36(47)49-42-34(45)18-19-35(42)46/h20,27,30-32,43H,2,9-19,21-26H2,1,3-8H3,(H,41,44)/b29-20+/t27-,30+,31-,32?,39?,40-/m1/s1. The summed E-state index contributed by atoms with van der Waals surface area (Å²) in [4.78, 5) is 53.8. The second-order valence-electron chi connectivity index (χ2n) is 17.5. The molecule has 0 bridgehead atoms. The lowest BCUT2D eigenvalue weighted by Gasteiger charge is -2.45. The number of ether oxygens (including phenoxy) is 1. The van der Waals surface area contributed by atoms with Crippen molar-refractivity contribution in [2.24, 2.45) is 28.6 Å². The van der Waals surface area contributed by atoms with Gasteiger partial charge in [-0.05, 0) is 133 Å². The van der Waals surface area contributed by atoms with Crippen LogP contribution in [0.1, 0.15) is 151 Å². The van der Waals surface area contributed by atoms with Gasteiger partial charge in [0.15, 0.2) is 0 Å². The fourth-order valence-electron chi connectivity index (χ4n) is 9.31. The molecule has 1 aliphatic heterocycles. The van der Waals surface area contributed by atoms with E-state index in [2.05, 4.69) is 38.7 Å². The molecule has 0 aromatic heterocycles. The third kappa shape index (κ3) is 10.1. The number of amides is 3. The van der Waals surface area contributed by atoms with Crippen molar-refractivity contribution in [2.75, 3.05) is 6.61 Å². The summed E-state index contributed by atoms with van der Waals surface area (Å²) in [5.41, 5.74) is 1.90. The van der Waals surface area contributed by atoms with E-state index >= 15 is 0 Å². The van der Waals surface area contributed by atoms with Crippen LogP contribution in [0.3, 0.4) is 0 Å². The Morgan fingerprint density at radius 1 is 1.08 bits per heavy atom. The smallest absolute Gasteiger partial charge is 0.336 e. The van der Waals surface area contributed by atoms with Gasteiger partial charge in [0.25, 0.3) is 11.8 Å². The van der Waals surface area contributed by atoms with Gasteiger partial charge in [0.1, 0.15) is 0 Å². The van der Waals surface area contributed by atoms with E-state index in [1.165, 1.54) is 37.7 Å². The Kier molecular flexibility index (Phi) is 12.7. The molecule has 0 spiro atoms. The quantitative estimate of drug-likeness (QED) is 0.135. The van der Waals surface area contributed by atoms with Crippen LogP contribution in [-0.2, 0) is 28.8 Å². The summed E-state index contributed by atoms with van der Waals surface area (Å²) in [7, 11) is 0. The van der Waals surface area contributed by atoms with Gasteiger partial charge in [-0.25, -0.2) is 4.79 Å². The van der Waals surface area contributed by atoms with E-state index < -0.39 is 28.9 Å². The number of hydrogen-bond acceptors (Lipinski definition) is 7. The normalized spacial score (nSPS) is 30.9. The number of aliphatic hydroxyl groups excluding tert-OH is 1. The molecule has 9 nitrogen and oxygen atoms in total. The minimum atomic E-state index is -0.865. The molecule has 1 saturated heterocycles. The lowest BCUT2D eigenvalue weighted by molar-refractivity contribution is -0.200. The zero-order valence-electron chi connectivity index (χ0n) is 31.5. The number of hydroxylamine groups is 2. The molecule has 3 aliphatic carbocycles. The van der Waals surface area contributed by atoms with Gasteiger partial charge in [-0.1, -0.05) is 44.6 Å². The Morgan fingerprint density at radius 3 is 2.47 bits per heavy atom. The molecule has 276 valence electrons. The van der Waals surface area contributed by atoms with Crippen molar-refractivity contribution in [2.45, 2.75) is 168 Å². The van der Waals surface area contributed by atoms with Gasteiger partial charge in [0, 0.05) is 31.4 Å². The number of hydrogen-bond donors (Lipinski definition) is 2. The van der Waals surface area contributed by atoms with Crippen LogP contribution in [0.2, 0.25) is 0 Å². The molecular formula is C40H64N2O7. The van der Waals surface area contributed by atoms with E-state index in [9.17, 15) is 24.3 Å². The highest BCUT2D eigenvalue weighted by molar-refractivity contribution is 6.01. The first-order valence-corrected chi connectivity index (χ1v) is 18.9. The molecule has 4 rings (SSSR count). The predicted molar refractivity (Wildman–Crippen MR) is 190 cm³/mol. The average molecular weight is 685 g/mol. The van der Waals surface area contributed by atoms with Gasteiger partial charge >= 0.3 is 5.97 Å². The van der Waals surface area contributed by atoms with Crippen molar-refractivity contribution < 1.29 is 33.9 Å². The first kappa shape index (κ1) is 39.3. The van der Waals surface area contributed by atoms with Gasteiger partial charge in [-0.2, -0.15) is 0 Å². The molecule has 6 atom stereocenters. The first-order chi connectivity index (χ1) is 22.8. The molecule has 0 aromatic carbocycles. The topological polar surface area (TPSA) is 122 Å². The number of carbonyl (C=O) groups excluding carboxylic acids is 4. The maximum absolute atomic E-state index is 13.0. The summed E-state index contributed by atoms with van der Waals surface area (Å²) < 4.78 is 5.97. The van der Waals surface area contributed by atoms with Crippen LogP contribution in [0, 0.1) is 28.6 Å². The van der Waals surface area contributed by atoms with Crippen molar-refractivity contribution >= 4 is 23.7 Å². The van der Waals surface area contributed by atoms with Gasteiger partial charge in [0.05, 0.1) is 18.1 Å². The van der Waals surface area contributed by atoms with Crippen molar-refractivity contribution in [3.05, 3.63) is 23.8 Å². The van der Waals surface area contributed by atoms with E-state index in [0.29, 0.717) is 47.7 Å². The van der Waals surface area contributed by atoms with Crippen LogP contribution in [0.25, 0.3) is 0 Å². The van der Waals surface area contributed by atoms with Crippen LogP contribution in [0.15, 0.2) is 23.8 Å². The first-order valence-electron chi connectivity index (χ1n) is 18.9. The second kappa shape index (κ2) is 15.8. The predicted octanol–water partition coefficient (Wildman–Crippen LogP) is 7.51. The third-order valence-electron chi connectivity index (χ3n) is 12.4. The molecule has 9 heteroatoms. The highest BCUT2D eigenvalue weighted by atomic mass is 16.7. The van der Waals surface area contributed by atoms with E-state index in [1.807, 2.05) is 13.8 Å².